The van der Waals surface area contributed by atoms with E-state index in [2.05, 4.69) is 4.98 Å². The Bertz CT molecular complexity index is 709. The topological polar surface area (TPSA) is 62.7 Å². The highest BCUT2D eigenvalue weighted by molar-refractivity contribution is 5.69. The third kappa shape index (κ3) is 5.02. The zero-order valence-electron chi connectivity index (χ0n) is 15.3. The fourth-order valence-electron chi connectivity index (χ4n) is 2.81. The van der Waals surface area contributed by atoms with Gasteiger partial charge in [0.15, 0.2) is 0 Å². The Labute approximate surface area is 153 Å². The van der Waals surface area contributed by atoms with Crippen molar-refractivity contribution in [3.63, 3.8) is 0 Å². The van der Waals surface area contributed by atoms with Crippen molar-refractivity contribution in [1.29, 1.82) is 0 Å². The van der Waals surface area contributed by atoms with E-state index in [0.29, 0.717) is 5.56 Å². The van der Waals surface area contributed by atoms with Crippen LogP contribution in [0.15, 0.2) is 48.8 Å². The molecule has 1 heterocycles. The van der Waals surface area contributed by atoms with Crippen LogP contribution >= 0.6 is 0 Å². The normalized spacial score (nSPS) is 13.3. The third-order valence-electron chi connectivity index (χ3n) is 4.36. The van der Waals surface area contributed by atoms with Crippen LogP contribution in [0.2, 0.25) is 0 Å². The van der Waals surface area contributed by atoms with E-state index in [9.17, 15) is 14.3 Å². The maximum Gasteiger partial charge on any atom is 0.410 e. The quantitative estimate of drug-likeness (QED) is 0.812. The summed E-state index contributed by atoms with van der Waals surface area (Å²) in [5.74, 6) is -0.481. The number of aliphatic hydroxyl groups is 1. The van der Waals surface area contributed by atoms with Crippen LogP contribution in [-0.4, -0.2) is 33.7 Å². The molecule has 0 radical (unpaired) electrons. The molecule has 1 aromatic carbocycles. The molecule has 0 saturated carbocycles. The van der Waals surface area contributed by atoms with Crippen molar-refractivity contribution in [3.05, 3.63) is 65.7 Å². The molecular weight excluding hydrogens is 335 g/mol. The summed E-state index contributed by atoms with van der Waals surface area (Å²) in [4.78, 5) is 18.1. The van der Waals surface area contributed by atoms with E-state index in [4.69, 9.17) is 4.74 Å². The molecule has 2 rings (SSSR count). The molecule has 0 fully saturated rings. The zero-order chi connectivity index (χ0) is 19.1. The predicted octanol–water partition coefficient (Wildman–Crippen LogP) is 3.94. The molecule has 1 N–H and O–H groups in total. The van der Waals surface area contributed by atoms with Gasteiger partial charge in [-0.05, 0) is 30.0 Å². The van der Waals surface area contributed by atoms with Crippen LogP contribution in [0, 0.1) is 11.7 Å². The molecule has 0 saturated heterocycles. The predicted molar refractivity (Wildman–Crippen MR) is 96.8 cm³/mol. The molecule has 0 aliphatic heterocycles. The van der Waals surface area contributed by atoms with Gasteiger partial charge in [-0.25, -0.2) is 9.18 Å². The van der Waals surface area contributed by atoms with Gasteiger partial charge >= 0.3 is 6.09 Å². The summed E-state index contributed by atoms with van der Waals surface area (Å²) in [5.41, 5.74) is 1.41. The SMILES string of the molecule is CC(C)[C@@H](CO)N(C(=O)OCc1ccccc1)C(C)c1cncc(F)c1. The molecule has 26 heavy (non-hydrogen) atoms. The summed E-state index contributed by atoms with van der Waals surface area (Å²) in [6.45, 7) is 5.50. The van der Waals surface area contributed by atoms with E-state index in [1.54, 1.807) is 6.92 Å². The Morgan fingerprint density at radius 1 is 1.23 bits per heavy atom. The van der Waals surface area contributed by atoms with Crippen molar-refractivity contribution >= 4 is 6.09 Å². The van der Waals surface area contributed by atoms with Crippen LogP contribution < -0.4 is 0 Å². The van der Waals surface area contributed by atoms with E-state index in [-0.39, 0.29) is 19.1 Å². The van der Waals surface area contributed by atoms with Crippen LogP contribution in [0.25, 0.3) is 0 Å². The number of ether oxygens (including phenoxy) is 1. The minimum Gasteiger partial charge on any atom is -0.445 e. The number of halogens is 1. The lowest BCUT2D eigenvalue weighted by Gasteiger charge is -2.37. The van der Waals surface area contributed by atoms with Crippen molar-refractivity contribution in [3.8, 4) is 0 Å². The Kier molecular flexibility index (Phi) is 7.09. The van der Waals surface area contributed by atoms with Gasteiger partial charge in [0.2, 0.25) is 0 Å². The van der Waals surface area contributed by atoms with Gasteiger partial charge < -0.3 is 9.84 Å². The monoisotopic (exact) mass is 360 g/mol. The standard InChI is InChI=1S/C20H25FN2O3/c1-14(2)19(12-24)23(15(3)17-9-18(21)11-22-10-17)20(25)26-13-16-7-5-4-6-8-16/h4-11,14-15,19,24H,12-13H2,1-3H3/t15?,19-/m1/s1. The van der Waals surface area contributed by atoms with E-state index in [1.165, 1.54) is 17.2 Å². The molecule has 0 aliphatic rings. The van der Waals surface area contributed by atoms with Gasteiger partial charge in [-0.3, -0.25) is 9.88 Å². The van der Waals surface area contributed by atoms with Crippen molar-refractivity contribution in [2.45, 2.75) is 39.5 Å². The van der Waals surface area contributed by atoms with E-state index in [1.807, 2.05) is 44.2 Å². The molecule has 0 spiro atoms. The van der Waals surface area contributed by atoms with Gasteiger partial charge in [0, 0.05) is 6.20 Å². The Morgan fingerprint density at radius 3 is 2.50 bits per heavy atom. The van der Waals surface area contributed by atoms with Crippen molar-refractivity contribution in [2.75, 3.05) is 6.61 Å². The van der Waals surface area contributed by atoms with Gasteiger partial charge in [-0.2, -0.15) is 0 Å². The van der Waals surface area contributed by atoms with Gasteiger partial charge in [0.25, 0.3) is 0 Å². The number of benzene rings is 1. The summed E-state index contributed by atoms with van der Waals surface area (Å²) >= 11 is 0. The lowest BCUT2D eigenvalue weighted by Crippen LogP contribution is -2.47. The number of carbonyl (C=O) groups excluding carboxylic acids is 1. The molecule has 1 unspecified atom stereocenters. The lowest BCUT2D eigenvalue weighted by atomic mass is 10.00. The second kappa shape index (κ2) is 9.29. The highest BCUT2D eigenvalue weighted by Crippen LogP contribution is 2.26. The number of nitrogens with zero attached hydrogens (tertiary/aromatic N) is 2. The molecule has 2 aromatic rings. The number of amides is 1. The third-order valence-corrected chi connectivity index (χ3v) is 4.36. The first kappa shape index (κ1) is 19.8. The Morgan fingerprint density at radius 2 is 1.92 bits per heavy atom. The molecule has 5 nitrogen and oxygen atoms in total. The smallest absolute Gasteiger partial charge is 0.410 e. The van der Waals surface area contributed by atoms with Crippen LogP contribution in [0.1, 0.15) is 37.9 Å². The fourth-order valence-corrected chi connectivity index (χ4v) is 2.81. The van der Waals surface area contributed by atoms with Crippen molar-refractivity contribution in [2.24, 2.45) is 5.92 Å². The first-order chi connectivity index (χ1) is 12.4. The summed E-state index contributed by atoms with van der Waals surface area (Å²) in [5, 5.41) is 9.81. The molecule has 0 aliphatic carbocycles. The second-order valence-electron chi connectivity index (χ2n) is 6.55. The number of carbonyl (C=O) groups is 1. The van der Waals surface area contributed by atoms with Crippen LogP contribution in [0.3, 0.4) is 0 Å². The summed E-state index contributed by atoms with van der Waals surface area (Å²) < 4.78 is 19.0. The molecule has 2 atom stereocenters. The highest BCUT2D eigenvalue weighted by Gasteiger charge is 2.32. The second-order valence-corrected chi connectivity index (χ2v) is 6.55. The van der Waals surface area contributed by atoms with E-state index < -0.39 is 24.0 Å². The summed E-state index contributed by atoms with van der Waals surface area (Å²) in [6, 6.07) is 9.73. The fraction of sp³-hybridized carbons (Fsp3) is 0.400. The highest BCUT2D eigenvalue weighted by atomic mass is 19.1. The molecule has 1 amide bonds. The maximum atomic E-state index is 13.6. The number of hydrogen-bond acceptors (Lipinski definition) is 4. The van der Waals surface area contributed by atoms with Crippen LogP contribution in [-0.2, 0) is 11.3 Å². The average Bonchev–Trinajstić information content (AvgIpc) is 2.64. The van der Waals surface area contributed by atoms with Gasteiger partial charge in [-0.1, -0.05) is 44.2 Å². The van der Waals surface area contributed by atoms with Crippen LogP contribution in [0.4, 0.5) is 9.18 Å². The number of aliphatic hydroxyl groups excluding tert-OH is 1. The number of rotatable bonds is 7. The minimum atomic E-state index is -0.557. The van der Waals surface area contributed by atoms with E-state index >= 15 is 0 Å². The van der Waals surface area contributed by atoms with Crippen molar-refractivity contribution < 1.29 is 19.0 Å². The molecular formula is C20H25FN2O3. The summed E-state index contributed by atoms with van der Waals surface area (Å²) in [6.07, 6.45) is 2.07. The first-order valence-electron chi connectivity index (χ1n) is 8.64. The molecule has 140 valence electrons. The minimum absolute atomic E-state index is 0.00626. The lowest BCUT2D eigenvalue weighted by molar-refractivity contribution is 0.0323. The maximum absolute atomic E-state index is 13.6. The largest absolute Gasteiger partial charge is 0.445 e. The van der Waals surface area contributed by atoms with Crippen LogP contribution in [0.5, 0.6) is 0 Å². The first-order valence-corrected chi connectivity index (χ1v) is 8.64. The van der Waals surface area contributed by atoms with Crippen molar-refractivity contribution in [1.82, 2.24) is 9.88 Å². The molecule has 1 aromatic heterocycles. The Balaban J connectivity index is 2.23. The number of hydrogen-bond donors (Lipinski definition) is 1. The average molecular weight is 360 g/mol. The number of aromatic nitrogens is 1. The molecule has 6 heteroatoms. The number of pyridine rings is 1. The zero-order valence-corrected chi connectivity index (χ0v) is 15.3. The van der Waals surface area contributed by atoms with Gasteiger partial charge in [0.1, 0.15) is 12.4 Å². The Hall–Kier alpha value is -2.47. The summed E-state index contributed by atoms with van der Waals surface area (Å²) in [7, 11) is 0. The van der Waals surface area contributed by atoms with E-state index in [0.717, 1.165) is 11.8 Å². The van der Waals surface area contributed by atoms with Gasteiger partial charge in [0.05, 0.1) is 24.9 Å². The van der Waals surface area contributed by atoms with Gasteiger partial charge in [-0.15, -0.1) is 0 Å². The molecule has 0 bridgehead atoms.